The van der Waals surface area contributed by atoms with Crippen LogP contribution in [0.3, 0.4) is 0 Å². The molecule has 0 aliphatic rings. The first-order valence-corrected chi connectivity index (χ1v) is 6.14. The van der Waals surface area contributed by atoms with E-state index in [0.29, 0.717) is 12.2 Å². The van der Waals surface area contributed by atoms with E-state index >= 15 is 0 Å². The molecule has 0 unspecified atom stereocenters. The van der Waals surface area contributed by atoms with Crippen molar-refractivity contribution in [2.24, 2.45) is 5.41 Å². The average molecular weight is 254 g/mol. The molecule has 1 aromatic rings. The van der Waals surface area contributed by atoms with Gasteiger partial charge in [0, 0.05) is 6.61 Å². The summed E-state index contributed by atoms with van der Waals surface area (Å²) in [4.78, 5) is 0. The molecule has 0 bridgehead atoms. The van der Waals surface area contributed by atoms with Gasteiger partial charge in [0.2, 0.25) is 0 Å². The molecule has 0 aliphatic carbocycles. The third-order valence-electron chi connectivity index (χ3n) is 3.03. The van der Waals surface area contributed by atoms with Gasteiger partial charge in [0.25, 0.3) is 0 Å². The molecule has 0 spiro atoms. The second-order valence-electron chi connectivity index (χ2n) is 5.01. The van der Waals surface area contributed by atoms with Gasteiger partial charge in [0.15, 0.2) is 0 Å². The highest BCUT2D eigenvalue weighted by Crippen LogP contribution is 2.36. The summed E-state index contributed by atoms with van der Waals surface area (Å²) in [6, 6.07) is 7.18. The molecule has 0 aliphatic heterocycles. The second kappa shape index (κ2) is 6.73. The molecule has 1 rings (SSSR count). The lowest BCUT2D eigenvalue weighted by Gasteiger charge is -2.30. The lowest BCUT2D eigenvalue weighted by atomic mass is 9.80. The van der Waals surface area contributed by atoms with Crippen LogP contribution in [0.1, 0.15) is 31.9 Å². The van der Waals surface area contributed by atoms with Gasteiger partial charge in [0.05, 0.1) is 12.7 Å². The van der Waals surface area contributed by atoms with E-state index in [1.54, 1.807) is 18.2 Å². The number of rotatable bonds is 7. The molecule has 0 heterocycles. The van der Waals surface area contributed by atoms with Gasteiger partial charge in [0.1, 0.15) is 12.4 Å². The Balaban J connectivity index is 2.82. The number of benzene rings is 1. The topological polar surface area (TPSA) is 69.9 Å². The Morgan fingerprint density at radius 1 is 1.22 bits per heavy atom. The first-order chi connectivity index (χ1) is 8.51. The van der Waals surface area contributed by atoms with Crippen LogP contribution in [-0.4, -0.2) is 35.1 Å². The highest BCUT2D eigenvalue weighted by molar-refractivity contribution is 5.30. The lowest BCUT2D eigenvalue weighted by Crippen LogP contribution is -2.23. The Morgan fingerprint density at radius 2 is 1.94 bits per heavy atom. The van der Waals surface area contributed by atoms with Crippen molar-refractivity contribution in [3.63, 3.8) is 0 Å². The van der Waals surface area contributed by atoms with E-state index in [4.69, 9.17) is 14.9 Å². The first-order valence-electron chi connectivity index (χ1n) is 6.14. The summed E-state index contributed by atoms with van der Waals surface area (Å²) in [6.07, 6.45) is -0.141. The zero-order valence-corrected chi connectivity index (χ0v) is 11.0. The predicted octanol–water partition coefficient (Wildman–Crippen LogP) is 1.50. The minimum atomic E-state index is -0.665. The summed E-state index contributed by atoms with van der Waals surface area (Å²) in [5.74, 6) is 0.625. The monoisotopic (exact) mass is 254 g/mol. The molecular weight excluding hydrogens is 232 g/mol. The predicted molar refractivity (Wildman–Crippen MR) is 69.5 cm³/mol. The fourth-order valence-corrected chi connectivity index (χ4v) is 1.81. The molecule has 18 heavy (non-hydrogen) atoms. The number of ether oxygens (including phenoxy) is 1. The standard InChI is InChI=1S/C14H22O4/c1-14(2,6-7-15)13(17)11-4-3-5-12(10-11)18-9-8-16/h3-5,10,13,15-17H,6-9H2,1-2H3/t13-/m0/s1. The van der Waals surface area contributed by atoms with Crippen molar-refractivity contribution in [3.8, 4) is 5.75 Å². The Bertz CT molecular complexity index is 363. The summed E-state index contributed by atoms with van der Waals surface area (Å²) in [7, 11) is 0. The minimum absolute atomic E-state index is 0.0389. The van der Waals surface area contributed by atoms with E-state index in [1.807, 2.05) is 19.9 Å². The summed E-state index contributed by atoms with van der Waals surface area (Å²) < 4.78 is 5.31. The van der Waals surface area contributed by atoms with Gasteiger partial charge in [-0.3, -0.25) is 0 Å². The summed E-state index contributed by atoms with van der Waals surface area (Å²) in [5, 5.41) is 28.0. The maximum atomic E-state index is 10.3. The second-order valence-corrected chi connectivity index (χ2v) is 5.01. The Labute approximate surface area is 108 Å². The third kappa shape index (κ3) is 3.98. The smallest absolute Gasteiger partial charge is 0.119 e. The van der Waals surface area contributed by atoms with E-state index in [9.17, 15) is 5.11 Å². The number of hydrogen-bond acceptors (Lipinski definition) is 4. The molecule has 3 N–H and O–H groups in total. The zero-order valence-electron chi connectivity index (χ0n) is 11.0. The van der Waals surface area contributed by atoms with E-state index in [-0.39, 0.29) is 19.8 Å². The van der Waals surface area contributed by atoms with Crippen molar-refractivity contribution >= 4 is 0 Å². The number of aliphatic hydroxyl groups excluding tert-OH is 3. The number of aliphatic hydroxyl groups is 3. The van der Waals surface area contributed by atoms with Gasteiger partial charge in [-0.15, -0.1) is 0 Å². The molecule has 1 aromatic carbocycles. The molecule has 4 nitrogen and oxygen atoms in total. The Kier molecular flexibility index (Phi) is 5.59. The van der Waals surface area contributed by atoms with Crippen molar-refractivity contribution in [2.45, 2.75) is 26.4 Å². The van der Waals surface area contributed by atoms with Crippen molar-refractivity contribution in [2.75, 3.05) is 19.8 Å². The van der Waals surface area contributed by atoms with Crippen LogP contribution in [0.4, 0.5) is 0 Å². The van der Waals surface area contributed by atoms with E-state index < -0.39 is 11.5 Å². The van der Waals surface area contributed by atoms with Crippen LogP contribution in [0.25, 0.3) is 0 Å². The van der Waals surface area contributed by atoms with E-state index in [0.717, 1.165) is 5.56 Å². The Morgan fingerprint density at radius 3 is 2.56 bits per heavy atom. The highest BCUT2D eigenvalue weighted by Gasteiger charge is 2.28. The fraction of sp³-hybridized carbons (Fsp3) is 0.571. The van der Waals surface area contributed by atoms with Crippen molar-refractivity contribution in [1.29, 1.82) is 0 Å². The van der Waals surface area contributed by atoms with Crippen LogP contribution in [0.15, 0.2) is 24.3 Å². The maximum Gasteiger partial charge on any atom is 0.119 e. The summed E-state index contributed by atoms with van der Waals surface area (Å²) in [6.45, 7) is 4.07. The van der Waals surface area contributed by atoms with Crippen molar-refractivity contribution in [1.82, 2.24) is 0 Å². The summed E-state index contributed by atoms with van der Waals surface area (Å²) in [5.41, 5.74) is 0.355. The number of hydrogen-bond donors (Lipinski definition) is 3. The van der Waals surface area contributed by atoms with E-state index in [1.165, 1.54) is 0 Å². The molecule has 102 valence electrons. The summed E-state index contributed by atoms with van der Waals surface area (Å²) >= 11 is 0. The molecule has 0 aromatic heterocycles. The van der Waals surface area contributed by atoms with Gasteiger partial charge in [-0.1, -0.05) is 26.0 Å². The van der Waals surface area contributed by atoms with Crippen LogP contribution in [-0.2, 0) is 0 Å². The van der Waals surface area contributed by atoms with Gasteiger partial charge in [-0.05, 0) is 29.5 Å². The van der Waals surface area contributed by atoms with Crippen LogP contribution < -0.4 is 4.74 Å². The van der Waals surface area contributed by atoms with Crippen LogP contribution in [0.5, 0.6) is 5.75 Å². The highest BCUT2D eigenvalue weighted by atomic mass is 16.5. The molecule has 0 saturated heterocycles. The SMILES string of the molecule is CC(C)(CCO)[C@@H](O)c1cccc(OCCO)c1. The molecule has 0 radical (unpaired) electrons. The van der Waals surface area contributed by atoms with Crippen LogP contribution >= 0.6 is 0 Å². The van der Waals surface area contributed by atoms with Crippen LogP contribution in [0, 0.1) is 5.41 Å². The van der Waals surface area contributed by atoms with Crippen molar-refractivity contribution in [3.05, 3.63) is 29.8 Å². The zero-order chi connectivity index (χ0) is 13.6. The largest absolute Gasteiger partial charge is 0.491 e. The molecule has 0 saturated carbocycles. The van der Waals surface area contributed by atoms with Gasteiger partial charge < -0.3 is 20.1 Å². The third-order valence-corrected chi connectivity index (χ3v) is 3.03. The first kappa shape index (κ1) is 15.0. The molecule has 4 heteroatoms. The Hall–Kier alpha value is -1.10. The quantitative estimate of drug-likeness (QED) is 0.689. The molecule has 1 atom stereocenters. The van der Waals surface area contributed by atoms with Gasteiger partial charge in [-0.2, -0.15) is 0 Å². The molecule has 0 fully saturated rings. The average Bonchev–Trinajstić information content (AvgIpc) is 2.35. The van der Waals surface area contributed by atoms with Gasteiger partial charge in [-0.25, -0.2) is 0 Å². The lowest BCUT2D eigenvalue weighted by molar-refractivity contribution is 0.0303. The fourth-order valence-electron chi connectivity index (χ4n) is 1.81. The minimum Gasteiger partial charge on any atom is -0.491 e. The normalized spacial score (nSPS) is 13.4. The van der Waals surface area contributed by atoms with Crippen molar-refractivity contribution < 1.29 is 20.1 Å². The maximum absolute atomic E-state index is 10.3. The van der Waals surface area contributed by atoms with Gasteiger partial charge >= 0.3 is 0 Å². The van der Waals surface area contributed by atoms with E-state index in [2.05, 4.69) is 0 Å². The van der Waals surface area contributed by atoms with Crippen LogP contribution in [0.2, 0.25) is 0 Å². The molecule has 0 amide bonds. The molecular formula is C14H22O4.